The Balaban J connectivity index is 1.95. The van der Waals surface area contributed by atoms with Gasteiger partial charge in [-0.25, -0.2) is 0 Å². The van der Waals surface area contributed by atoms with Gasteiger partial charge in [0.05, 0.1) is 7.05 Å². The van der Waals surface area contributed by atoms with E-state index >= 15 is 0 Å². The number of carbonyl (C=O) groups excluding carboxylic acids is 1. The molecule has 0 aromatic heterocycles. The Hall–Kier alpha value is -1.89. The quantitative estimate of drug-likeness (QED) is 0.740. The summed E-state index contributed by atoms with van der Waals surface area (Å²) in [5.41, 5.74) is 1.43. The summed E-state index contributed by atoms with van der Waals surface area (Å²) in [6.45, 7) is -0.511. The third-order valence-corrected chi connectivity index (χ3v) is 4.33. The first-order chi connectivity index (χ1) is 12.2. The molecule has 4 nitrogen and oxygen atoms in total. The van der Waals surface area contributed by atoms with E-state index in [1.54, 1.807) is 37.3 Å². The number of hydrogen-bond acceptors (Lipinski definition) is 2. The summed E-state index contributed by atoms with van der Waals surface area (Å²) in [6, 6.07) is 10.8. The van der Waals surface area contributed by atoms with Crippen LogP contribution in [0, 0.1) is 0 Å². The lowest BCUT2D eigenvalue weighted by Gasteiger charge is -2.21. The summed E-state index contributed by atoms with van der Waals surface area (Å²) < 4.78 is 28.7. The van der Waals surface area contributed by atoms with Gasteiger partial charge >= 0.3 is 6.61 Å². The lowest BCUT2D eigenvalue weighted by atomic mass is 10.1. The molecule has 0 aliphatic carbocycles. The fraction of sp³-hybridized carbons (Fsp3) is 0.278. The number of nitrogens with one attached hydrogen (secondary N) is 2. The Labute approximate surface area is 160 Å². The molecular formula is C18H19Cl2F2N2O2+. The summed E-state index contributed by atoms with van der Waals surface area (Å²) in [6.07, 6.45) is 0. The van der Waals surface area contributed by atoms with Crippen molar-refractivity contribution >= 4 is 34.8 Å². The van der Waals surface area contributed by atoms with Gasteiger partial charge in [-0.3, -0.25) is 4.79 Å². The minimum Gasteiger partial charge on any atom is -0.435 e. The summed E-state index contributed by atoms with van der Waals surface area (Å²) >= 11 is 11.9. The number of quaternary nitrogens is 1. The molecule has 0 heterocycles. The molecule has 2 aromatic carbocycles. The Bertz CT molecular complexity index is 737. The van der Waals surface area contributed by atoms with E-state index < -0.39 is 6.61 Å². The number of carbonyl (C=O) groups is 1. The van der Waals surface area contributed by atoms with Gasteiger partial charge in [0.15, 0.2) is 6.04 Å². The number of rotatable bonds is 7. The lowest BCUT2D eigenvalue weighted by molar-refractivity contribution is -0.907. The number of ether oxygens (including phenoxy) is 1. The number of amides is 1. The summed E-state index contributed by atoms with van der Waals surface area (Å²) in [4.78, 5) is 13.3. The molecule has 0 spiro atoms. The van der Waals surface area contributed by atoms with E-state index in [-0.39, 0.29) is 17.7 Å². The van der Waals surface area contributed by atoms with Gasteiger partial charge in [-0.1, -0.05) is 23.2 Å². The maximum atomic E-state index is 12.4. The van der Waals surface area contributed by atoms with Crippen molar-refractivity contribution in [3.63, 3.8) is 0 Å². The molecule has 2 atom stereocenters. The van der Waals surface area contributed by atoms with Crippen molar-refractivity contribution in [2.45, 2.75) is 26.1 Å². The molecule has 0 saturated carbocycles. The number of hydrogen-bond donors (Lipinski definition) is 2. The van der Waals surface area contributed by atoms with Gasteiger partial charge in [0.2, 0.25) is 0 Å². The molecule has 0 bridgehead atoms. The second kappa shape index (κ2) is 9.16. The van der Waals surface area contributed by atoms with Crippen LogP contribution in [-0.2, 0) is 11.3 Å². The zero-order valence-corrected chi connectivity index (χ0v) is 15.7. The highest BCUT2D eigenvalue weighted by Crippen LogP contribution is 2.22. The molecule has 0 aliphatic rings. The van der Waals surface area contributed by atoms with Crippen LogP contribution >= 0.6 is 23.2 Å². The molecule has 0 aliphatic heterocycles. The predicted molar refractivity (Wildman–Crippen MR) is 98.2 cm³/mol. The van der Waals surface area contributed by atoms with E-state index in [1.807, 2.05) is 7.05 Å². The predicted octanol–water partition coefficient (Wildman–Crippen LogP) is 3.64. The van der Waals surface area contributed by atoms with Gasteiger partial charge in [-0.15, -0.1) is 0 Å². The normalized spacial score (nSPS) is 13.3. The lowest BCUT2D eigenvalue weighted by Crippen LogP contribution is -3.12. The molecule has 0 radical (unpaired) electrons. The molecule has 2 rings (SSSR count). The average molecular weight is 404 g/mol. The highest BCUT2D eigenvalue weighted by Gasteiger charge is 2.22. The van der Waals surface area contributed by atoms with E-state index in [0.717, 1.165) is 10.5 Å². The Morgan fingerprint density at radius 1 is 1.15 bits per heavy atom. The highest BCUT2D eigenvalue weighted by atomic mass is 35.5. The van der Waals surface area contributed by atoms with E-state index in [9.17, 15) is 13.6 Å². The second-order valence-electron chi connectivity index (χ2n) is 5.91. The number of halogens is 4. The smallest absolute Gasteiger partial charge is 0.387 e. The molecule has 1 unspecified atom stereocenters. The second-order valence-corrected chi connectivity index (χ2v) is 6.79. The first-order valence-corrected chi connectivity index (χ1v) is 8.63. The topological polar surface area (TPSA) is 42.8 Å². The maximum absolute atomic E-state index is 12.4. The Morgan fingerprint density at radius 3 is 2.27 bits per heavy atom. The third kappa shape index (κ3) is 6.12. The van der Waals surface area contributed by atoms with Gasteiger partial charge in [-0.2, -0.15) is 8.78 Å². The standard InChI is InChI=1S/C18H18Cl2F2N2O2/c1-11(17(25)23-15-8-13(19)7-14(20)9-15)24(2)10-12-3-5-16(6-4-12)26-18(21)22/h3-9,11,18H,10H2,1-2H3,(H,23,25)/p+1/t11-/m0/s1. The Morgan fingerprint density at radius 2 is 1.73 bits per heavy atom. The third-order valence-electron chi connectivity index (χ3n) is 3.89. The van der Waals surface area contributed by atoms with Crippen molar-refractivity contribution in [3.8, 4) is 5.75 Å². The van der Waals surface area contributed by atoms with Crippen LogP contribution in [0.3, 0.4) is 0 Å². The molecule has 2 aromatic rings. The fourth-order valence-electron chi connectivity index (χ4n) is 2.36. The zero-order valence-electron chi connectivity index (χ0n) is 14.2. The van der Waals surface area contributed by atoms with Crippen LogP contribution in [0.5, 0.6) is 5.75 Å². The van der Waals surface area contributed by atoms with Crippen LogP contribution in [0.25, 0.3) is 0 Å². The zero-order chi connectivity index (χ0) is 19.3. The highest BCUT2D eigenvalue weighted by molar-refractivity contribution is 6.35. The molecule has 1 amide bonds. The largest absolute Gasteiger partial charge is 0.435 e. The van der Waals surface area contributed by atoms with Crippen LogP contribution in [0.1, 0.15) is 12.5 Å². The molecule has 0 fully saturated rings. The molecule has 0 saturated heterocycles. The number of benzene rings is 2. The van der Waals surface area contributed by atoms with Gasteiger partial charge < -0.3 is 15.0 Å². The average Bonchev–Trinajstić information content (AvgIpc) is 2.54. The van der Waals surface area contributed by atoms with Crippen LogP contribution in [-0.4, -0.2) is 25.6 Å². The van der Waals surface area contributed by atoms with Crippen LogP contribution in [0.2, 0.25) is 10.0 Å². The number of anilines is 1. The number of alkyl halides is 2. The SMILES string of the molecule is C[C@@H](C(=O)Nc1cc(Cl)cc(Cl)c1)[NH+](C)Cc1ccc(OC(F)F)cc1. The van der Waals surface area contributed by atoms with Crippen molar-refractivity contribution in [1.82, 2.24) is 0 Å². The molecular weight excluding hydrogens is 385 g/mol. The van der Waals surface area contributed by atoms with Crippen LogP contribution in [0.15, 0.2) is 42.5 Å². The van der Waals surface area contributed by atoms with E-state index in [0.29, 0.717) is 22.3 Å². The first-order valence-electron chi connectivity index (χ1n) is 7.87. The summed E-state index contributed by atoms with van der Waals surface area (Å²) in [7, 11) is 1.87. The molecule has 8 heteroatoms. The van der Waals surface area contributed by atoms with Crippen LogP contribution in [0.4, 0.5) is 14.5 Å². The van der Waals surface area contributed by atoms with E-state index in [1.165, 1.54) is 12.1 Å². The minimum absolute atomic E-state index is 0.102. The maximum Gasteiger partial charge on any atom is 0.387 e. The number of likely N-dealkylation sites (N-methyl/N-ethyl adjacent to an activating group) is 1. The van der Waals surface area contributed by atoms with Crippen molar-refractivity contribution < 1.29 is 23.2 Å². The van der Waals surface area contributed by atoms with Gasteiger partial charge in [0, 0.05) is 21.3 Å². The summed E-state index contributed by atoms with van der Waals surface area (Å²) in [5.74, 6) is -0.0801. The van der Waals surface area contributed by atoms with E-state index in [2.05, 4.69) is 10.1 Å². The Kier molecular flexibility index (Phi) is 7.20. The van der Waals surface area contributed by atoms with Crippen molar-refractivity contribution in [1.29, 1.82) is 0 Å². The summed E-state index contributed by atoms with van der Waals surface area (Å²) in [5, 5.41) is 3.66. The molecule has 26 heavy (non-hydrogen) atoms. The van der Waals surface area contributed by atoms with Gasteiger partial charge in [-0.05, 0) is 49.4 Å². The van der Waals surface area contributed by atoms with Crippen LogP contribution < -0.4 is 15.0 Å². The molecule has 2 N–H and O–H groups in total. The van der Waals surface area contributed by atoms with Crippen molar-refractivity contribution in [2.24, 2.45) is 0 Å². The molecule has 140 valence electrons. The monoisotopic (exact) mass is 403 g/mol. The fourth-order valence-corrected chi connectivity index (χ4v) is 2.89. The van der Waals surface area contributed by atoms with E-state index in [4.69, 9.17) is 23.2 Å². The van der Waals surface area contributed by atoms with Crippen molar-refractivity contribution in [3.05, 3.63) is 58.1 Å². The van der Waals surface area contributed by atoms with Gasteiger partial charge in [0.25, 0.3) is 5.91 Å². The first kappa shape index (κ1) is 20.4. The van der Waals surface area contributed by atoms with Crippen molar-refractivity contribution in [2.75, 3.05) is 12.4 Å². The van der Waals surface area contributed by atoms with Gasteiger partial charge in [0.1, 0.15) is 12.3 Å². The minimum atomic E-state index is -2.85.